The molecule has 0 bridgehead atoms. The van der Waals surface area contributed by atoms with Crippen molar-refractivity contribution < 1.29 is 44.9 Å². The number of alkyl halides is 5. The Balaban J connectivity index is 2.04. The molecule has 28 heavy (non-hydrogen) atoms. The van der Waals surface area contributed by atoms with Crippen LogP contribution in [-0.2, 0) is 4.74 Å². The number of hydrogen-bond acceptors (Lipinski definition) is 3. The van der Waals surface area contributed by atoms with Gasteiger partial charge in [-0.1, -0.05) is 13.3 Å². The van der Waals surface area contributed by atoms with E-state index >= 15 is 0 Å². The third-order valence-corrected chi connectivity index (χ3v) is 4.11. The molecule has 1 heterocycles. The van der Waals surface area contributed by atoms with E-state index in [4.69, 9.17) is 4.74 Å². The van der Waals surface area contributed by atoms with Crippen molar-refractivity contribution >= 4 is 0 Å². The highest BCUT2D eigenvalue weighted by Gasteiger charge is 2.45. The van der Waals surface area contributed by atoms with Gasteiger partial charge in [0.05, 0.1) is 18.9 Å². The fraction of sp³-hybridized carbons (Fsp3) is 0.556. The minimum Gasteiger partial charge on any atom is -0.459 e. The minimum absolute atomic E-state index is 0.0199. The number of benzene rings is 1. The van der Waals surface area contributed by atoms with Crippen molar-refractivity contribution in [3.63, 3.8) is 0 Å². The lowest BCUT2D eigenvalue weighted by Crippen LogP contribution is -2.44. The lowest BCUT2D eigenvalue weighted by atomic mass is 9.94. The highest BCUT2D eigenvalue weighted by atomic mass is 19.4. The van der Waals surface area contributed by atoms with Crippen molar-refractivity contribution in [2.24, 2.45) is 5.92 Å². The summed E-state index contributed by atoms with van der Waals surface area (Å²) in [5.41, 5.74) is 0. The molecule has 2 unspecified atom stereocenters. The van der Waals surface area contributed by atoms with E-state index in [2.05, 4.69) is 9.47 Å². The van der Waals surface area contributed by atoms with Crippen LogP contribution in [0.25, 0.3) is 0 Å². The van der Waals surface area contributed by atoms with Gasteiger partial charge in [-0.05, 0) is 25.2 Å². The Bertz CT molecular complexity index is 657. The highest BCUT2D eigenvalue weighted by molar-refractivity contribution is 5.35. The number of allylic oxidation sites excluding steroid dienone is 1. The van der Waals surface area contributed by atoms with Crippen LogP contribution in [0, 0.1) is 17.6 Å². The average molecular weight is 416 g/mol. The molecule has 1 aliphatic rings. The van der Waals surface area contributed by atoms with E-state index in [1.807, 2.05) is 6.92 Å². The van der Waals surface area contributed by atoms with Crippen LogP contribution in [-0.4, -0.2) is 25.0 Å². The molecule has 3 nitrogen and oxygen atoms in total. The predicted molar refractivity (Wildman–Crippen MR) is 85.1 cm³/mol. The normalized spacial score (nSPS) is 21.1. The van der Waals surface area contributed by atoms with Gasteiger partial charge in [-0.3, -0.25) is 0 Å². The van der Waals surface area contributed by atoms with Gasteiger partial charge in [0.2, 0.25) is 0 Å². The molecule has 0 aliphatic carbocycles. The van der Waals surface area contributed by atoms with Crippen molar-refractivity contribution in [2.75, 3.05) is 6.61 Å². The predicted octanol–water partition coefficient (Wildman–Crippen LogP) is 5.99. The van der Waals surface area contributed by atoms with Crippen LogP contribution < -0.4 is 9.47 Å². The molecule has 0 saturated carbocycles. The van der Waals surface area contributed by atoms with Crippen molar-refractivity contribution in [3.8, 4) is 11.5 Å². The van der Waals surface area contributed by atoms with Crippen LogP contribution in [0.4, 0.5) is 30.7 Å². The fourth-order valence-electron chi connectivity index (χ4n) is 2.82. The first kappa shape index (κ1) is 22.3. The van der Waals surface area contributed by atoms with Gasteiger partial charge >= 0.3 is 12.3 Å². The van der Waals surface area contributed by atoms with E-state index in [9.17, 15) is 30.7 Å². The van der Waals surface area contributed by atoms with Crippen LogP contribution in [0.3, 0.4) is 0 Å². The van der Waals surface area contributed by atoms with Gasteiger partial charge in [0.25, 0.3) is 0 Å². The largest absolute Gasteiger partial charge is 0.459 e. The second-order valence-electron chi connectivity index (χ2n) is 6.40. The van der Waals surface area contributed by atoms with Gasteiger partial charge in [-0.25, -0.2) is 8.78 Å². The van der Waals surface area contributed by atoms with E-state index in [1.165, 1.54) is 0 Å². The molecule has 10 heteroatoms. The van der Waals surface area contributed by atoms with Gasteiger partial charge in [-0.2, -0.15) is 22.0 Å². The van der Waals surface area contributed by atoms with Gasteiger partial charge in [0.15, 0.2) is 23.5 Å². The Morgan fingerprint density at radius 1 is 1.11 bits per heavy atom. The summed E-state index contributed by atoms with van der Waals surface area (Å²) in [6.45, 7) is 2.11. The lowest BCUT2D eigenvalue weighted by molar-refractivity contribution is -0.265. The van der Waals surface area contributed by atoms with Crippen LogP contribution >= 0.6 is 0 Å². The maximum absolute atomic E-state index is 14.2. The van der Waals surface area contributed by atoms with Crippen LogP contribution in [0.5, 0.6) is 11.5 Å². The van der Waals surface area contributed by atoms with Gasteiger partial charge < -0.3 is 14.2 Å². The van der Waals surface area contributed by atoms with E-state index in [-0.39, 0.29) is 31.3 Å². The van der Waals surface area contributed by atoms with E-state index < -0.39 is 41.5 Å². The zero-order chi connectivity index (χ0) is 20.9. The number of rotatable bonds is 7. The summed E-state index contributed by atoms with van der Waals surface area (Å²) in [4.78, 5) is 0. The zero-order valence-corrected chi connectivity index (χ0v) is 14.9. The molecule has 0 N–H and O–H groups in total. The first-order valence-electron chi connectivity index (χ1n) is 8.60. The molecule has 0 aromatic heterocycles. The Morgan fingerprint density at radius 2 is 1.75 bits per heavy atom. The minimum atomic E-state index is -4.74. The molecule has 0 amide bonds. The summed E-state index contributed by atoms with van der Waals surface area (Å²) < 4.78 is 106. The molecule has 2 rings (SSSR count). The quantitative estimate of drug-likeness (QED) is 0.404. The molecule has 1 aromatic carbocycles. The fourth-order valence-corrected chi connectivity index (χ4v) is 2.82. The van der Waals surface area contributed by atoms with Crippen molar-refractivity contribution in [1.82, 2.24) is 0 Å². The highest BCUT2D eigenvalue weighted by Crippen LogP contribution is 2.36. The Kier molecular flexibility index (Phi) is 7.19. The third kappa shape index (κ3) is 6.29. The molecule has 2 atom stereocenters. The summed E-state index contributed by atoms with van der Waals surface area (Å²) in [5.74, 6) is -4.83. The Hall–Kier alpha value is -1.97. The first-order valence-corrected chi connectivity index (χ1v) is 8.60. The van der Waals surface area contributed by atoms with Crippen molar-refractivity contribution in [3.05, 3.63) is 36.1 Å². The Labute approximate surface area is 157 Å². The molecular formula is C18H19F7O3. The molecule has 158 valence electrons. The molecule has 0 spiro atoms. The number of ether oxygens (including phenoxy) is 3. The van der Waals surface area contributed by atoms with Gasteiger partial charge in [0.1, 0.15) is 5.75 Å². The summed E-state index contributed by atoms with van der Waals surface area (Å²) in [6.07, 6.45) is -8.21. The van der Waals surface area contributed by atoms with E-state index in [1.54, 1.807) is 0 Å². The van der Waals surface area contributed by atoms with Gasteiger partial charge in [-0.15, -0.1) is 0 Å². The second kappa shape index (κ2) is 9.02. The van der Waals surface area contributed by atoms with Crippen LogP contribution in [0.2, 0.25) is 0 Å². The lowest BCUT2D eigenvalue weighted by Gasteiger charge is -2.33. The Morgan fingerprint density at radius 3 is 2.25 bits per heavy atom. The summed E-state index contributed by atoms with van der Waals surface area (Å²) in [7, 11) is 0. The van der Waals surface area contributed by atoms with Crippen molar-refractivity contribution in [2.45, 2.75) is 51.0 Å². The topological polar surface area (TPSA) is 27.7 Å². The smallest absolute Gasteiger partial charge is 0.424 e. The molecular weight excluding hydrogens is 397 g/mol. The molecule has 1 aromatic rings. The summed E-state index contributed by atoms with van der Waals surface area (Å²) in [6, 6.07) is 0.799. The van der Waals surface area contributed by atoms with E-state index in [0.717, 1.165) is 12.8 Å². The number of hydrogen-bond donors (Lipinski definition) is 0. The van der Waals surface area contributed by atoms with Crippen LogP contribution in [0.15, 0.2) is 24.5 Å². The standard InChI is InChI=1S/C18H19F7O3/c1-2-3-11-4-5-15(27-10-11)18(24,25)28-12-8-13(19)16(14(20)9-12)26-7-6-17(21,22)23/h6-9,11,15H,2-5,10H2,1H3/b7-6+. The third-order valence-electron chi connectivity index (χ3n) is 4.11. The summed E-state index contributed by atoms with van der Waals surface area (Å²) >= 11 is 0. The van der Waals surface area contributed by atoms with Crippen LogP contribution in [0.1, 0.15) is 32.6 Å². The van der Waals surface area contributed by atoms with E-state index in [0.29, 0.717) is 18.6 Å². The molecule has 1 saturated heterocycles. The molecule has 0 radical (unpaired) electrons. The molecule has 1 fully saturated rings. The maximum atomic E-state index is 14.2. The second-order valence-corrected chi connectivity index (χ2v) is 6.40. The summed E-state index contributed by atoms with van der Waals surface area (Å²) in [5, 5.41) is 0. The monoisotopic (exact) mass is 416 g/mol. The average Bonchev–Trinajstić information content (AvgIpc) is 2.57. The maximum Gasteiger partial charge on any atom is 0.424 e. The van der Waals surface area contributed by atoms with Gasteiger partial charge in [0, 0.05) is 12.1 Å². The van der Waals surface area contributed by atoms with Crippen molar-refractivity contribution in [1.29, 1.82) is 0 Å². The number of halogens is 7. The first-order chi connectivity index (χ1) is 13.0. The zero-order valence-electron chi connectivity index (χ0n) is 14.9. The SMILES string of the molecule is CCCC1CCC(C(F)(F)Oc2cc(F)c(O/C=C/C(F)(F)F)c(F)c2)OC1. The molecule has 1 aliphatic heterocycles.